The first-order valence-corrected chi connectivity index (χ1v) is 4.14. The van der Waals surface area contributed by atoms with Crippen LogP contribution in [0.5, 0.6) is 0 Å². The molecule has 0 fully saturated rings. The Morgan fingerprint density at radius 3 is 2.71 bits per heavy atom. The van der Waals surface area contributed by atoms with Crippen molar-refractivity contribution in [1.82, 2.24) is 5.16 Å². The third kappa shape index (κ3) is 1.57. The van der Waals surface area contributed by atoms with E-state index >= 15 is 0 Å². The second-order valence-corrected chi connectivity index (χ2v) is 2.82. The van der Waals surface area contributed by atoms with Crippen molar-refractivity contribution in [3.63, 3.8) is 0 Å². The predicted octanol–water partition coefficient (Wildman–Crippen LogP) is 2.54. The van der Waals surface area contributed by atoms with Crippen LogP contribution in [0.3, 0.4) is 0 Å². The summed E-state index contributed by atoms with van der Waals surface area (Å²) in [6, 6.07) is 6.59. The summed E-state index contributed by atoms with van der Waals surface area (Å²) in [5.41, 5.74) is 0.722. The lowest BCUT2D eigenvalue weighted by Gasteiger charge is -1.91. The number of rotatable bonds is 2. The molecule has 1 heterocycles. The Morgan fingerprint density at radius 1 is 1.43 bits per heavy atom. The van der Waals surface area contributed by atoms with Gasteiger partial charge >= 0.3 is 0 Å². The number of Topliss-reactive ketones (excluding diaryl/α,β-unsaturated/α-hetero) is 1. The molecule has 2 rings (SSSR count). The first-order chi connectivity index (χ1) is 7.59. The number of carbonyl (C=O) groups is 1. The number of carbonyl (C=O) groups excluding carboxylic acids is 1. The van der Waals surface area contributed by atoms with Crippen LogP contribution in [0.2, 0.25) is 0 Å². The Kier molecular flexibility index (Phi) is 1.61. The number of aromatic nitrogens is 1. The lowest BCUT2D eigenvalue weighted by molar-refractivity contribution is 0.0978. The van der Waals surface area contributed by atoms with Gasteiger partial charge < -0.3 is 4.52 Å². The van der Waals surface area contributed by atoms with Gasteiger partial charge in [0.2, 0.25) is 5.76 Å². The van der Waals surface area contributed by atoms with E-state index in [0.29, 0.717) is 11.3 Å². The highest BCUT2D eigenvalue weighted by atomic mass is 16.5. The van der Waals surface area contributed by atoms with Gasteiger partial charge in [-0.3, -0.25) is 4.79 Å². The summed E-state index contributed by atoms with van der Waals surface area (Å²) in [6.07, 6.45) is 0. The maximum Gasteiger partial charge on any atom is 0.202 e. The topological polar surface area (TPSA) is 43.1 Å². The van der Waals surface area contributed by atoms with Crippen LogP contribution in [0.1, 0.15) is 20.2 Å². The van der Waals surface area contributed by atoms with Gasteiger partial charge in [0.25, 0.3) is 0 Å². The van der Waals surface area contributed by atoms with Gasteiger partial charge in [-0.05, 0) is 0 Å². The van der Waals surface area contributed by atoms with E-state index in [0.717, 1.165) is 0 Å². The van der Waals surface area contributed by atoms with E-state index in [1.54, 1.807) is 18.2 Å². The molecule has 1 aromatic carbocycles. The van der Waals surface area contributed by atoms with Crippen molar-refractivity contribution in [2.75, 3.05) is 0 Å². The third-order valence-electron chi connectivity index (χ3n) is 1.76. The van der Waals surface area contributed by atoms with Gasteiger partial charge in [0.05, 0.1) is 2.74 Å². The number of hydrogen-bond acceptors (Lipinski definition) is 3. The van der Waals surface area contributed by atoms with E-state index in [2.05, 4.69) is 5.16 Å². The minimum absolute atomic E-state index is 0.137. The molecule has 1 aromatic heterocycles. The first-order valence-electron chi connectivity index (χ1n) is 5.14. The van der Waals surface area contributed by atoms with Crippen LogP contribution >= 0.6 is 0 Å². The number of benzene rings is 1. The summed E-state index contributed by atoms with van der Waals surface area (Å²) in [7, 11) is 0. The van der Waals surface area contributed by atoms with Crippen molar-refractivity contribution in [2.45, 2.75) is 6.92 Å². The van der Waals surface area contributed by atoms with Crippen LogP contribution in [0.25, 0.3) is 11.3 Å². The molecule has 70 valence electrons. The molecule has 0 bridgehead atoms. The summed E-state index contributed by atoms with van der Waals surface area (Å²) < 4.78 is 20.2. The summed E-state index contributed by atoms with van der Waals surface area (Å²) in [5.74, 6) is -0.0922. The molecule has 0 N–H and O–H groups in total. The number of nitrogens with zero attached hydrogens (tertiary/aromatic N) is 1. The standard InChI is InChI=1S/C11H9NO2/c1-8(13)11-7-10(12-14-11)9-5-3-2-4-6-9/h2-7H,1H3/i5D,6D. The molecule has 0 aliphatic rings. The van der Waals surface area contributed by atoms with Gasteiger partial charge in [-0.15, -0.1) is 0 Å². The van der Waals surface area contributed by atoms with Crippen LogP contribution in [0.4, 0.5) is 0 Å². The summed E-state index contributed by atoms with van der Waals surface area (Å²) >= 11 is 0. The fourth-order valence-electron chi connectivity index (χ4n) is 1.06. The van der Waals surface area contributed by atoms with Crippen LogP contribution in [-0.2, 0) is 0 Å². The minimum Gasteiger partial charge on any atom is -0.353 e. The van der Waals surface area contributed by atoms with Gasteiger partial charge in [0, 0.05) is 18.6 Å². The molecule has 3 nitrogen and oxygen atoms in total. The Hall–Kier alpha value is -1.90. The van der Waals surface area contributed by atoms with Crippen molar-refractivity contribution in [1.29, 1.82) is 0 Å². The lowest BCUT2D eigenvalue weighted by Crippen LogP contribution is -1.86. The maximum atomic E-state index is 11.0. The molecule has 0 spiro atoms. The Balaban J connectivity index is 2.54. The van der Waals surface area contributed by atoms with Gasteiger partial charge in [0.1, 0.15) is 5.69 Å². The van der Waals surface area contributed by atoms with E-state index in [-0.39, 0.29) is 23.6 Å². The van der Waals surface area contributed by atoms with Crippen molar-refractivity contribution < 1.29 is 12.1 Å². The second kappa shape index (κ2) is 3.46. The lowest BCUT2D eigenvalue weighted by atomic mass is 10.1. The van der Waals surface area contributed by atoms with E-state index in [1.165, 1.54) is 13.0 Å². The molecule has 0 saturated carbocycles. The fourth-order valence-corrected chi connectivity index (χ4v) is 1.06. The van der Waals surface area contributed by atoms with Crippen LogP contribution in [0.15, 0.2) is 40.9 Å². The zero-order valence-corrected chi connectivity index (χ0v) is 7.57. The zero-order valence-electron chi connectivity index (χ0n) is 9.57. The molecular weight excluding hydrogens is 178 g/mol. The highest BCUT2D eigenvalue weighted by molar-refractivity contribution is 5.92. The van der Waals surface area contributed by atoms with Crippen molar-refractivity contribution >= 4 is 5.78 Å². The van der Waals surface area contributed by atoms with Crippen LogP contribution in [-0.4, -0.2) is 10.9 Å². The molecule has 0 atom stereocenters. The van der Waals surface area contributed by atoms with Crippen molar-refractivity contribution in [3.8, 4) is 11.3 Å². The normalized spacial score (nSPS) is 12.1. The summed E-state index contributed by atoms with van der Waals surface area (Å²) in [6.45, 7) is 1.37. The molecule has 0 amide bonds. The van der Waals surface area contributed by atoms with E-state index in [4.69, 9.17) is 7.26 Å². The molecular formula is C11H9NO2. The van der Waals surface area contributed by atoms with Crippen LogP contribution in [0, 0.1) is 0 Å². The quantitative estimate of drug-likeness (QED) is 0.682. The molecule has 0 aliphatic carbocycles. The average molecular weight is 189 g/mol. The Morgan fingerprint density at radius 2 is 2.14 bits per heavy atom. The average Bonchev–Trinajstić information content (AvgIpc) is 2.66. The fraction of sp³-hybridized carbons (Fsp3) is 0.0909. The molecule has 0 unspecified atom stereocenters. The van der Waals surface area contributed by atoms with Gasteiger partial charge in [0.15, 0.2) is 5.78 Å². The van der Waals surface area contributed by atoms with Gasteiger partial charge in [-0.1, -0.05) is 35.4 Å². The Bertz CT molecular complexity index is 528. The number of hydrogen-bond donors (Lipinski definition) is 0. The van der Waals surface area contributed by atoms with Crippen molar-refractivity contribution in [3.05, 3.63) is 42.1 Å². The monoisotopic (exact) mass is 189 g/mol. The van der Waals surface area contributed by atoms with E-state index < -0.39 is 0 Å². The molecule has 3 heteroatoms. The zero-order chi connectivity index (χ0) is 11.7. The largest absolute Gasteiger partial charge is 0.353 e. The predicted molar refractivity (Wildman–Crippen MR) is 51.9 cm³/mol. The summed E-state index contributed by atoms with van der Waals surface area (Å²) in [5, 5.41) is 3.69. The van der Waals surface area contributed by atoms with Crippen LogP contribution < -0.4 is 0 Å². The smallest absolute Gasteiger partial charge is 0.202 e. The van der Waals surface area contributed by atoms with E-state index in [9.17, 15) is 4.79 Å². The Labute approximate surface area is 84.2 Å². The molecule has 14 heavy (non-hydrogen) atoms. The molecule has 0 aliphatic heterocycles. The first kappa shape index (κ1) is 6.54. The highest BCUT2D eigenvalue weighted by Crippen LogP contribution is 2.18. The minimum atomic E-state index is -0.229. The third-order valence-corrected chi connectivity index (χ3v) is 1.76. The molecule has 0 saturated heterocycles. The molecule has 2 aromatic rings. The number of ketones is 1. The highest BCUT2D eigenvalue weighted by Gasteiger charge is 2.08. The molecule has 0 radical (unpaired) electrons. The van der Waals surface area contributed by atoms with Crippen molar-refractivity contribution in [2.24, 2.45) is 0 Å². The van der Waals surface area contributed by atoms with E-state index in [1.807, 2.05) is 0 Å². The second-order valence-electron chi connectivity index (χ2n) is 2.82. The maximum absolute atomic E-state index is 11.0. The van der Waals surface area contributed by atoms with Gasteiger partial charge in [-0.25, -0.2) is 0 Å². The summed E-state index contributed by atoms with van der Waals surface area (Å²) in [4.78, 5) is 11.0. The van der Waals surface area contributed by atoms with Gasteiger partial charge in [-0.2, -0.15) is 0 Å². The SMILES string of the molecule is [2H]c1cccc([2H])c1-c1cc(C(C)=O)on1.